The topological polar surface area (TPSA) is 41.3 Å². The summed E-state index contributed by atoms with van der Waals surface area (Å²) in [5.41, 5.74) is 7.39. The van der Waals surface area contributed by atoms with Crippen molar-refractivity contribution in [3.63, 3.8) is 0 Å². The van der Waals surface area contributed by atoms with E-state index in [1.54, 1.807) is 6.07 Å². The van der Waals surface area contributed by atoms with Crippen LogP contribution in [0.3, 0.4) is 0 Å². The Morgan fingerprint density at radius 1 is 1.53 bits per heavy atom. The predicted octanol–water partition coefficient (Wildman–Crippen LogP) is 2.34. The third-order valence-corrected chi connectivity index (χ3v) is 3.05. The van der Waals surface area contributed by atoms with E-state index >= 15 is 0 Å². The Bertz CT molecular complexity index is 395. The third-order valence-electron chi connectivity index (χ3n) is 2.60. The molecule has 3 nitrogen and oxygen atoms in total. The fourth-order valence-corrected chi connectivity index (χ4v) is 1.77. The number of nitrogens with zero attached hydrogens (tertiary/aromatic N) is 1. The minimum Gasteiger partial charge on any atom is -0.389 e. The molecule has 0 bridgehead atoms. The highest BCUT2D eigenvalue weighted by atomic mass is 35.5. The van der Waals surface area contributed by atoms with Crippen molar-refractivity contribution in [3.8, 4) is 0 Å². The summed E-state index contributed by atoms with van der Waals surface area (Å²) in [5, 5.41) is 3.98. The standard InChI is InChI=1S/C12H18ClN3S/c1-3-16(2)7-6-15-11-8-9(13)4-5-10(11)12(14)17/h4-5,8,15H,3,6-7H2,1-2H3,(H2,14,17). The minimum atomic E-state index is 0.382. The Morgan fingerprint density at radius 3 is 2.82 bits per heavy atom. The first-order valence-electron chi connectivity index (χ1n) is 5.56. The van der Waals surface area contributed by atoms with E-state index in [4.69, 9.17) is 29.6 Å². The Hall–Kier alpha value is -0.840. The number of nitrogens with two attached hydrogens (primary N) is 1. The van der Waals surface area contributed by atoms with Gasteiger partial charge in [-0.3, -0.25) is 0 Å². The van der Waals surface area contributed by atoms with E-state index < -0.39 is 0 Å². The maximum absolute atomic E-state index is 5.96. The van der Waals surface area contributed by atoms with Gasteiger partial charge < -0.3 is 16.0 Å². The molecule has 1 aromatic rings. The fraction of sp³-hybridized carbons (Fsp3) is 0.417. The van der Waals surface area contributed by atoms with Crippen LogP contribution in [0.5, 0.6) is 0 Å². The monoisotopic (exact) mass is 271 g/mol. The number of thiocarbonyl (C=S) groups is 1. The number of anilines is 1. The second kappa shape index (κ2) is 6.79. The molecule has 3 N–H and O–H groups in total. The van der Waals surface area contributed by atoms with Crippen molar-refractivity contribution in [2.24, 2.45) is 5.73 Å². The first kappa shape index (κ1) is 14.2. The summed E-state index contributed by atoms with van der Waals surface area (Å²) < 4.78 is 0. The summed E-state index contributed by atoms with van der Waals surface area (Å²) >= 11 is 11.0. The predicted molar refractivity (Wildman–Crippen MR) is 79.0 cm³/mol. The van der Waals surface area contributed by atoms with Gasteiger partial charge in [0.25, 0.3) is 0 Å². The lowest BCUT2D eigenvalue weighted by atomic mass is 10.2. The van der Waals surface area contributed by atoms with Gasteiger partial charge in [-0.1, -0.05) is 30.7 Å². The van der Waals surface area contributed by atoms with Crippen molar-refractivity contribution in [2.75, 3.05) is 32.0 Å². The smallest absolute Gasteiger partial charge is 0.106 e. The molecular weight excluding hydrogens is 254 g/mol. The Kier molecular flexibility index (Phi) is 5.68. The average Bonchev–Trinajstić information content (AvgIpc) is 2.28. The molecule has 0 aliphatic rings. The summed E-state index contributed by atoms with van der Waals surface area (Å²) in [5.74, 6) is 0. The molecule has 0 aliphatic carbocycles. The zero-order chi connectivity index (χ0) is 12.8. The van der Waals surface area contributed by atoms with Crippen LogP contribution in [-0.4, -0.2) is 36.6 Å². The molecule has 1 rings (SSSR count). The molecule has 0 saturated heterocycles. The van der Waals surface area contributed by atoms with Gasteiger partial charge in [-0.25, -0.2) is 0 Å². The second-order valence-electron chi connectivity index (χ2n) is 3.88. The van der Waals surface area contributed by atoms with Crippen molar-refractivity contribution < 1.29 is 0 Å². The highest BCUT2D eigenvalue weighted by molar-refractivity contribution is 7.80. The zero-order valence-electron chi connectivity index (χ0n) is 10.2. The Balaban J connectivity index is 2.68. The van der Waals surface area contributed by atoms with Gasteiger partial charge in [0, 0.05) is 29.4 Å². The van der Waals surface area contributed by atoms with Gasteiger partial charge in [-0.15, -0.1) is 0 Å². The van der Waals surface area contributed by atoms with Crippen LogP contribution in [0.1, 0.15) is 12.5 Å². The zero-order valence-corrected chi connectivity index (χ0v) is 11.7. The lowest BCUT2D eigenvalue weighted by Gasteiger charge is -2.16. The van der Waals surface area contributed by atoms with Crippen LogP contribution in [0.2, 0.25) is 5.02 Å². The highest BCUT2D eigenvalue weighted by Crippen LogP contribution is 2.20. The first-order chi connectivity index (χ1) is 8.04. The maximum atomic E-state index is 5.96. The van der Waals surface area contributed by atoms with Crippen LogP contribution in [0.4, 0.5) is 5.69 Å². The molecule has 94 valence electrons. The van der Waals surface area contributed by atoms with Crippen LogP contribution >= 0.6 is 23.8 Å². The van der Waals surface area contributed by atoms with Crippen molar-refractivity contribution in [1.29, 1.82) is 0 Å². The molecule has 5 heteroatoms. The van der Waals surface area contributed by atoms with Gasteiger partial charge in [-0.05, 0) is 31.8 Å². The van der Waals surface area contributed by atoms with Gasteiger partial charge in [0.1, 0.15) is 4.99 Å². The molecule has 0 saturated carbocycles. The van der Waals surface area contributed by atoms with Gasteiger partial charge >= 0.3 is 0 Å². The normalized spacial score (nSPS) is 10.6. The summed E-state index contributed by atoms with van der Waals surface area (Å²) in [7, 11) is 2.08. The molecule has 0 aliphatic heterocycles. The van der Waals surface area contributed by atoms with Crippen molar-refractivity contribution in [3.05, 3.63) is 28.8 Å². The molecule has 0 fully saturated rings. The van der Waals surface area contributed by atoms with E-state index in [-0.39, 0.29) is 0 Å². The number of benzene rings is 1. The van der Waals surface area contributed by atoms with Crippen LogP contribution < -0.4 is 11.1 Å². The number of hydrogen-bond donors (Lipinski definition) is 2. The highest BCUT2D eigenvalue weighted by Gasteiger charge is 2.05. The quantitative estimate of drug-likeness (QED) is 0.780. The van der Waals surface area contributed by atoms with Crippen LogP contribution in [0.25, 0.3) is 0 Å². The molecule has 0 atom stereocenters. The third kappa shape index (κ3) is 4.50. The Morgan fingerprint density at radius 2 is 2.24 bits per heavy atom. The maximum Gasteiger partial charge on any atom is 0.106 e. The molecule has 0 unspecified atom stereocenters. The summed E-state index contributed by atoms with van der Waals surface area (Å²) in [6.07, 6.45) is 0. The molecule has 0 radical (unpaired) electrons. The number of hydrogen-bond acceptors (Lipinski definition) is 3. The largest absolute Gasteiger partial charge is 0.389 e. The SMILES string of the molecule is CCN(C)CCNc1cc(Cl)ccc1C(N)=S. The number of halogens is 1. The van der Waals surface area contributed by atoms with Crippen molar-refractivity contribution >= 4 is 34.5 Å². The first-order valence-corrected chi connectivity index (χ1v) is 6.35. The molecule has 0 spiro atoms. The Labute approximate surface area is 113 Å². The molecule has 17 heavy (non-hydrogen) atoms. The van der Waals surface area contributed by atoms with Gasteiger partial charge in [0.05, 0.1) is 0 Å². The van der Waals surface area contributed by atoms with E-state index in [1.807, 2.05) is 12.1 Å². The van der Waals surface area contributed by atoms with E-state index in [9.17, 15) is 0 Å². The van der Waals surface area contributed by atoms with Crippen molar-refractivity contribution in [2.45, 2.75) is 6.92 Å². The summed E-state index contributed by atoms with van der Waals surface area (Å²) in [6.45, 7) is 4.94. The van der Waals surface area contributed by atoms with Crippen molar-refractivity contribution in [1.82, 2.24) is 4.90 Å². The molecule has 0 amide bonds. The molecule has 0 aromatic heterocycles. The summed E-state index contributed by atoms with van der Waals surface area (Å²) in [6, 6.07) is 5.48. The molecule has 1 aromatic carbocycles. The van der Waals surface area contributed by atoms with E-state index in [0.717, 1.165) is 30.9 Å². The minimum absolute atomic E-state index is 0.382. The summed E-state index contributed by atoms with van der Waals surface area (Å²) in [4.78, 5) is 2.60. The fourth-order valence-electron chi connectivity index (χ4n) is 1.42. The second-order valence-corrected chi connectivity index (χ2v) is 4.75. The van der Waals surface area contributed by atoms with Crippen LogP contribution in [0, 0.1) is 0 Å². The number of likely N-dealkylation sites (N-methyl/N-ethyl adjacent to an activating group) is 1. The lowest BCUT2D eigenvalue weighted by molar-refractivity contribution is 0.367. The number of rotatable bonds is 6. The lowest BCUT2D eigenvalue weighted by Crippen LogP contribution is -2.25. The van der Waals surface area contributed by atoms with Crippen LogP contribution in [0.15, 0.2) is 18.2 Å². The van der Waals surface area contributed by atoms with E-state index in [1.165, 1.54) is 0 Å². The van der Waals surface area contributed by atoms with E-state index in [2.05, 4.69) is 24.2 Å². The molecular formula is C12H18ClN3S. The van der Waals surface area contributed by atoms with E-state index in [0.29, 0.717) is 10.0 Å². The molecule has 0 heterocycles. The van der Waals surface area contributed by atoms with Gasteiger partial charge in [0.2, 0.25) is 0 Å². The average molecular weight is 272 g/mol. The van der Waals surface area contributed by atoms with Gasteiger partial charge in [0.15, 0.2) is 0 Å². The van der Waals surface area contributed by atoms with Gasteiger partial charge in [-0.2, -0.15) is 0 Å². The van der Waals surface area contributed by atoms with Crippen LogP contribution in [-0.2, 0) is 0 Å². The number of nitrogens with one attached hydrogen (secondary N) is 1.